The van der Waals surface area contributed by atoms with Crippen molar-refractivity contribution >= 4 is 39.9 Å². The minimum Gasteiger partial charge on any atom is -0.463 e. The zero-order valence-corrected chi connectivity index (χ0v) is 19.4. The third kappa shape index (κ3) is 4.24. The van der Waals surface area contributed by atoms with Gasteiger partial charge in [0, 0.05) is 35.8 Å². The third-order valence-electron chi connectivity index (χ3n) is 6.13. The first-order valence-corrected chi connectivity index (χ1v) is 12.2. The molecular weight excluding hydrogens is 466 g/mol. The van der Waals surface area contributed by atoms with Gasteiger partial charge in [0.2, 0.25) is 0 Å². The molecular formula is C25H21N5O4S. The van der Waals surface area contributed by atoms with Gasteiger partial charge in [0.25, 0.3) is 11.8 Å². The van der Waals surface area contributed by atoms with Crippen LogP contribution in [0.25, 0.3) is 22.4 Å². The molecule has 0 aliphatic carbocycles. The van der Waals surface area contributed by atoms with Gasteiger partial charge in [0.1, 0.15) is 17.0 Å². The third-order valence-corrected chi connectivity index (χ3v) is 7.14. The first kappa shape index (κ1) is 21.4. The van der Waals surface area contributed by atoms with Crippen molar-refractivity contribution in [2.45, 2.75) is 18.8 Å². The van der Waals surface area contributed by atoms with Crippen LogP contribution in [0.1, 0.15) is 44.8 Å². The minimum atomic E-state index is -0.317. The summed E-state index contributed by atoms with van der Waals surface area (Å²) in [6.45, 7) is 1.23. The van der Waals surface area contributed by atoms with Crippen LogP contribution < -0.4 is 5.32 Å². The molecule has 0 spiro atoms. The zero-order valence-electron chi connectivity index (χ0n) is 18.6. The Bertz CT molecular complexity index is 1460. The topological polar surface area (TPSA) is 117 Å². The number of hydrogen-bond acceptors (Lipinski definition) is 7. The number of thiazole rings is 1. The molecule has 1 aliphatic rings. The number of anilines is 1. The van der Waals surface area contributed by atoms with E-state index in [0.29, 0.717) is 47.4 Å². The number of benzene rings is 1. The van der Waals surface area contributed by atoms with Crippen molar-refractivity contribution in [2.24, 2.45) is 0 Å². The quantitative estimate of drug-likeness (QED) is 0.354. The summed E-state index contributed by atoms with van der Waals surface area (Å²) in [6.07, 6.45) is 3.14. The fourth-order valence-corrected chi connectivity index (χ4v) is 5.25. The summed E-state index contributed by atoms with van der Waals surface area (Å²) >= 11 is 1.47. The summed E-state index contributed by atoms with van der Waals surface area (Å²) in [5.41, 5.74) is 1.74. The van der Waals surface area contributed by atoms with Crippen molar-refractivity contribution in [1.29, 1.82) is 0 Å². The molecule has 9 nitrogen and oxygen atoms in total. The highest BCUT2D eigenvalue weighted by Crippen LogP contribution is 2.31. The molecule has 35 heavy (non-hydrogen) atoms. The van der Waals surface area contributed by atoms with Crippen molar-refractivity contribution in [3.63, 3.8) is 0 Å². The van der Waals surface area contributed by atoms with E-state index in [1.54, 1.807) is 35.9 Å². The van der Waals surface area contributed by atoms with Gasteiger partial charge in [-0.2, -0.15) is 5.10 Å². The maximum absolute atomic E-state index is 12.9. The van der Waals surface area contributed by atoms with Gasteiger partial charge in [-0.05, 0) is 37.1 Å². The van der Waals surface area contributed by atoms with Gasteiger partial charge in [0.05, 0.1) is 11.3 Å². The van der Waals surface area contributed by atoms with Gasteiger partial charge in [-0.1, -0.05) is 18.2 Å². The number of carbonyl (C=O) groups is 2. The second kappa shape index (κ2) is 8.88. The van der Waals surface area contributed by atoms with Gasteiger partial charge in [-0.25, -0.2) is 4.98 Å². The van der Waals surface area contributed by atoms with Crippen LogP contribution in [-0.4, -0.2) is 45.0 Å². The molecule has 0 atom stereocenters. The number of amides is 2. The smallest absolute Gasteiger partial charge is 0.289 e. The van der Waals surface area contributed by atoms with E-state index in [1.807, 2.05) is 29.2 Å². The fourth-order valence-electron chi connectivity index (χ4n) is 4.28. The van der Waals surface area contributed by atoms with Crippen molar-refractivity contribution in [3.8, 4) is 11.5 Å². The van der Waals surface area contributed by atoms with Crippen LogP contribution in [0.5, 0.6) is 0 Å². The number of fused-ring (bicyclic) bond motifs is 1. The largest absolute Gasteiger partial charge is 0.463 e. The Hall–Kier alpha value is -4.18. The lowest BCUT2D eigenvalue weighted by molar-refractivity contribution is 0.0683. The average Bonchev–Trinajstić information content (AvgIpc) is 3.68. The lowest BCUT2D eigenvalue weighted by atomic mass is 9.97. The Morgan fingerprint density at radius 2 is 1.97 bits per heavy atom. The van der Waals surface area contributed by atoms with Crippen molar-refractivity contribution in [2.75, 3.05) is 18.4 Å². The Morgan fingerprint density at radius 1 is 1.11 bits per heavy atom. The number of furan rings is 2. The van der Waals surface area contributed by atoms with E-state index in [2.05, 4.69) is 20.5 Å². The van der Waals surface area contributed by atoms with Crippen LogP contribution in [0.4, 0.5) is 5.82 Å². The normalized spacial score (nSPS) is 14.5. The van der Waals surface area contributed by atoms with Crippen LogP contribution in [0.2, 0.25) is 0 Å². The number of para-hydroxylation sites is 1. The van der Waals surface area contributed by atoms with E-state index in [4.69, 9.17) is 8.83 Å². The first-order valence-electron chi connectivity index (χ1n) is 11.3. The van der Waals surface area contributed by atoms with Crippen LogP contribution in [0, 0.1) is 0 Å². The number of likely N-dealkylation sites (tertiary alicyclic amines) is 1. The molecule has 2 N–H and O–H groups in total. The van der Waals surface area contributed by atoms with Gasteiger partial charge < -0.3 is 19.1 Å². The summed E-state index contributed by atoms with van der Waals surface area (Å²) in [5.74, 6) is 1.20. The molecule has 10 heteroatoms. The van der Waals surface area contributed by atoms with E-state index in [0.717, 1.165) is 23.2 Å². The van der Waals surface area contributed by atoms with E-state index in [9.17, 15) is 9.59 Å². The maximum atomic E-state index is 12.9. The number of nitrogens with one attached hydrogen (secondary N) is 2. The monoisotopic (exact) mass is 487 g/mol. The van der Waals surface area contributed by atoms with E-state index in [1.165, 1.54) is 11.3 Å². The minimum absolute atomic E-state index is 0.0909. The van der Waals surface area contributed by atoms with E-state index >= 15 is 0 Å². The molecule has 1 aromatic carbocycles. The van der Waals surface area contributed by atoms with Crippen molar-refractivity contribution in [1.82, 2.24) is 20.1 Å². The Kier molecular flexibility index (Phi) is 5.42. The Morgan fingerprint density at radius 3 is 2.77 bits per heavy atom. The molecule has 0 saturated carbocycles. The van der Waals surface area contributed by atoms with Crippen LogP contribution >= 0.6 is 11.3 Å². The van der Waals surface area contributed by atoms with Crippen LogP contribution in [0.15, 0.2) is 69.0 Å². The van der Waals surface area contributed by atoms with Gasteiger partial charge in [0.15, 0.2) is 17.3 Å². The van der Waals surface area contributed by atoms with Crippen LogP contribution in [-0.2, 0) is 0 Å². The summed E-state index contributed by atoms with van der Waals surface area (Å²) in [6, 6.07) is 14.7. The molecule has 1 aliphatic heterocycles. The average molecular weight is 488 g/mol. The predicted molar refractivity (Wildman–Crippen MR) is 130 cm³/mol. The summed E-state index contributed by atoms with van der Waals surface area (Å²) in [7, 11) is 0. The molecule has 1 fully saturated rings. The summed E-state index contributed by atoms with van der Waals surface area (Å²) < 4.78 is 11.1. The molecule has 0 unspecified atom stereocenters. The molecule has 2 amide bonds. The summed E-state index contributed by atoms with van der Waals surface area (Å²) in [4.78, 5) is 32.0. The first-order chi connectivity index (χ1) is 17.1. The second-order valence-corrected chi connectivity index (χ2v) is 9.27. The molecule has 4 aromatic heterocycles. The molecule has 5 aromatic rings. The highest BCUT2D eigenvalue weighted by molar-refractivity contribution is 7.10. The molecule has 5 heterocycles. The van der Waals surface area contributed by atoms with Gasteiger partial charge in [-0.15, -0.1) is 11.3 Å². The molecule has 6 rings (SSSR count). The second-order valence-electron chi connectivity index (χ2n) is 8.38. The highest BCUT2D eigenvalue weighted by Gasteiger charge is 2.28. The highest BCUT2D eigenvalue weighted by atomic mass is 32.1. The standard InChI is InChI=1S/C25H21N5O4S/c31-23(27-22-13-17(28-29-22)20-6-3-11-33-20)18-14-35-24(26-18)15-7-9-30(10-8-15)25(32)21-12-16-4-1-2-5-19(16)34-21/h1-6,11-15H,7-10H2,(H2,27,28,29,31). The lowest BCUT2D eigenvalue weighted by Gasteiger charge is -2.30. The number of carbonyl (C=O) groups excluding carboxylic acids is 2. The fraction of sp³-hybridized carbons (Fsp3) is 0.200. The van der Waals surface area contributed by atoms with Gasteiger partial charge in [-0.3, -0.25) is 14.7 Å². The van der Waals surface area contributed by atoms with Gasteiger partial charge >= 0.3 is 0 Å². The van der Waals surface area contributed by atoms with Crippen molar-refractivity contribution < 1.29 is 18.4 Å². The van der Waals surface area contributed by atoms with Crippen molar-refractivity contribution in [3.05, 3.63) is 76.6 Å². The van der Waals surface area contributed by atoms with Crippen LogP contribution in [0.3, 0.4) is 0 Å². The Labute approximate surface area is 203 Å². The number of aromatic nitrogens is 3. The van der Waals surface area contributed by atoms with E-state index < -0.39 is 0 Å². The van der Waals surface area contributed by atoms with E-state index in [-0.39, 0.29) is 17.7 Å². The zero-order chi connectivity index (χ0) is 23.8. The summed E-state index contributed by atoms with van der Waals surface area (Å²) in [5, 5.41) is 13.3. The molecule has 176 valence electrons. The Balaban J connectivity index is 1.06. The number of piperidine rings is 1. The molecule has 0 radical (unpaired) electrons. The maximum Gasteiger partial charge on any atom is 0.289 e. The number of rotatable bonds is 5. The number of hydrogen-bond donors (Lipinski definition) is 2. The predicted octanol–water partition coefficient (Wildman–Crippen LogP) is 5.14. The molecule has 0 bridgehead atoms. The number of nitrogens with zero attached hydrogens (tertiary/aromatic N) is 3. The number of H-pyrrole nitrogens is 1. The number of aromatic amines is 1. The lowest BCUT2D eigenvalue weighted by Crippen LogP contribution is -2.37. The SMILES string of the molecule is O=C(Nc1cc(-c2ccco2)[nH]n1)c1csc(C2CCN(C(=O)c3cc4ccccc4o3)CC2)n1. The molecule has 1 saturated heterocycles.